The number of hydrogen-bond acceptors (Lipinski definition) is 4. The lowest BCUT2D eigenvalue weighted by Crippen LogP contribution is -2.31. The van der Waals surface area contributed by atoms with Crippen LogP contribution in [0, 0.1) is 19.8 Å². The first-order valence-electron chi connectivity index (χ1n) is 8.12. The Morgan fingerprint density at radius 1 is 1.25 bits per heavy atom. The van der Waals surface area contributed by atoms with Crippen molar-refractivity contribution in [3.8, 4) is 0 Å². The summed E-state index contributed by atoms with van der Waals surface area (Å²) in [6, 6.07) is 10.2. The van der Waals surface area contributed by atoms with Gasteiger partial charge in [-0.05, 0) is 43.4 Å². The van der Waals surface area contributed by atoms with Crippen LogP contribution >= 0.6 is 0 Å². The molecule has 24 heavy (non-hydrogen) atoms. The molecular weight excluding hydrogens is 302 g/mol. The fraction of sp³-hybridized carbons (Fsp3) is 0.333. The monoisotopic (exact) mass is 321 g/mol. The van der Waals surface area contributed by atoms with Gasteiger partial charge in [-0.25, -0.2) is 9.50 Å². The molecule has 1 aromatic carbocycles. The molecule has 1 N–H and O–H groups in total. The molecule has 1 amide bonds. The van der Waals surface area contributed by atoms with E-state index in [2.05, 4.69) is 39.4 Å². The van der Waals surface area contributed by atoms with E-state index in [1.165, 1.54) is 11.1 Å². The Balaban J connectivity index is 1.64. The van der Waals surface area contributed by atoms with E-state index in [1.54, 1.807) is 4.52 Å². The molecular formula is C18H19N5O. The first-order chi connectivity index (χ1) is 11.5. The highest BCUT2D eigenvalue weighted by Crippen LogP contribution is 2.35. The van der Waals surface area contributed by atoms with Crippen LogP contribution in [0.3, 0.4) is 0 Å². The Labute approximate surface area is 139 Å². The third-order valence-electron chi connectivity index (χ3n) is 4.61. The van der Waals surface area contributed by atoms with E-state index in [0.29, 0.717) is 11.7 Å². The lowest BCUT2D eigenvalue weighted by Gasteiger charge is -2.17. The smallest absolute Gasteiger partial charge is 0.291 e. The van der Waals surface area contributed by atoms with Gasteiger partial charge >= 0.3 is 0 Å². The van der Waals surface area contributed by atoms with Gasteiger partial charge in [-0.2, -0.15) is 4.98 Å². The van der Waals surface area contributed by atoms with Crippen molar-refractivity contribution < 1.29 is 4.79 Å². The number of nitrogens with one attached hydrogen (secondary N) is 1. The summed E-state index contributed by atoms with van der Waals surface area (Å²) in [6.45, 7) is 5.98. The topological polar surface area (TPSA) is 72.2 Å². The zero-order valence-corrected chi connectivity index (χ0v) is 13.9. The molecule has 2 aromatic heterocycles. The minimum atomic E-state index is -0.258. The molecule has 0 spiro atoms. The van der Waals surface area contributed by atoms with Crippen LogP contribution in [0.2, 0.25) is 0 Å². The summed E-state index contributed by atoms with van der Waals surface area (Å²) in [4.78, 5) is 21.3. The number of hydrogen-bond donors (Lipinski definition) is 1. The number of nitrogens with zero attached hydrogens (tertiary/aromatic N) is 4. The molecule has 122 valence electrons. The maximum atomic E-state index is 12.6. The molecule has 0 radical (unpaired) electrons. The summed E-state index contributed by atoms with van der Waals surface area (Å²) in [7, 11) is 0. The first-order valence-corrected chi connectivity index (χ1v) is 8.12. The molecule has 1 aliphatic rings. The molecule has 2 unspecified atom stereocenters. The van der Waals surface area contributed by atoms with Gasteiger partial charge < -0.3 is 5.32 Å². The average molecular weight is 321 g/mol. The van der Waals surface area contributed by atoms with Crippen molar-refractivity contribution in [3.63, 3.8) is 0 Å². The molecule has 2 heterocycles. The Morgan fingerprint density at radius 2 is 2.04 bits per heavy atom. The van der Waals surface area contributed by atoms with Crippen LogP contribution in [-0.2, 0) is 6.42 Å². The lowest BCUT2D eigenvalue weighted by atomic mass is 10.0. The van der Waals surface area contributed by atoms with Crippen molar-refractivity contribution in [2.45, 2.75) is 33.2 Å². The molecule has 0 aliphatic heterocycles. The van der Waals surface area contributed by atoms with Gasteiger partial charge in [0.25, 0.3) is 11.7 Å². The number of carbonyl (C=O) groups excluding carboxylic acids is 1. The Kier molecular flexibility index (Phi) is 3.33. The van der Waals surface area contributed by atoms with Crippen molar-refractivity contribution in [1.82, 2.24) is 24.9 Å². The summed E-state index contributed by atoms with van der Waals surface area (Å²) >= 11 is 0. The standard InChI is InChI=1S/C18H19N5O/c1-10-8-13-6-4-5-7-14(13)15(10)20-17(24)16-21-18-19-11(2)9-12(3)23(18)22-16/h4-7,9-10,15H,8H2,1-3H3,(H,20,24). The van der Waals surface area contributed by atoms with Gasteiger partial charge in [-0.15, -0.1) is 5.10 Å². The predicted molar refractivity (Wildman–Crippen MR) is 89.8 cm³/mol. The van der Waals surface area contributed by atoms with E-state index >= 15 is 0 Å². The van der Waals surface area contributed by atoms with Crippen LogP contribution in [0.4, 0.5) is 0 Å². The minimum Gasteiger partial charge on any atom is -0.342 e. The van der Waals surface area contributed by atoms with Crippen molar-refractivity contribution in [1.29, 1.82) is 0 Å². The molecule has 3 aromatic rings. The molecule has 0 fully saturated rings. The zero-order chi connectivity index (χ0) is 16.8. The SMILES string of the molecule is Cc1cc(C)n2nc(C(=O)NC3c4ccccc4CC3C)nc2n1. The molecule has 2 atom stereocenters. The van der Waals surface area contributed by atoms with E-state index in [-0.39, 0.29) is 17.8 Å². The van der Waals surface area contributed by atoms with Gasteiger partial charge in [0.2, 0.25) is 5.82 Å². The third-order valence-corrected chi connectivity index (χ3v) is 4.61. The van der Waals surface area contributed by atoms with Gasteiger partial charge in [0, 0.05) is 11.4 Å². The molecule has 0 saturated heterocycles. The number of fused-ring (bicyclic) bond motifs is 2. The highest BCUT2D eigenvalue weighted by molar-refractivity contribution is 5.91. The van der Waals surface area contributed by atoms with Gasteiger partial charge in [-0.3, -0.25) is 4.79 Å². The highest BCUT2D eigenvalue weighted by Gasteiger charge is 2.31. The molecule has 1 aliphatic carbocycles. The second-order valence-electron chi connectivity index (χ2n) is 6.52. The lowest BCUT2D eigenvalue weighted by molar-refractivity contribution is 0.0917. The number of rotatable bonds is 2. The molecule has 0 bridgehead atoms. The number of aromatic nitrogens is 4. The molecule has 6 nitrogen and oxygen atoms in total. The van der Waals surface area contributed by atoms with Crippen molar-refractivity contribution in [3.05, 3.63) is 58.7 Å². The van der Waals surface area contributed by atoms with Crippen molar-refractivity contribution in [2.24, 2.45) is 5.92 Å². The predicted octanol–water partition coefficient (Wildman–Crippen LogP) is 2.40. The van der Waals surface area contributed by atoms with E-state index in [4.69, 9.17) is 0 Å². The zero-order valence-electron chi connectivity index (χ0n) is 13.9. The summed E-state index contributed by atoms with van der Waals surface area (Å²) in [5.74, 6) is 0.710. The molecule has 6 heteroatoms. The van der Waals surface area contributed by atoms with Gasteiger partial charge in [0.05, 0.1) is 6.04 Å². The Bertz CT molecular complexity index is 946. The van der Waals surface area contributed by atoms with E-state index in [9.17, 15) is 4.79 Å². The Hall–Kier alpha value is -2.76. The largest absolute Gasteiger partial charge is 0.342 e. The number of benzene rings is 1. The first kappa shape index (κ1) is 14.8. The maximum Gasteiger partial charge on any atom is 0.291 e. The van der Waals surface area contributed by atoms with Gasteiger partial charge in [0.1, 0.15) is 0 Å². The number of amides is 1. The van der Waals surface area contributed by atoms with Crippen LogP contribution in [0.15, 0.2) is 30.3 Å². The summed E-state index contributed by atoms with van der Waals surface area (Å²) in [5, 5.41) is 7.40. The molecule has 0 saturated carbocycles. The van der Waals surface area contributed by atoms with E-state index < -0.39 is 0 Å². The van der Waals surface area contributed by atoms with Gasteiger partial charge in [-0.1, -0.05) is 31.2 Å². The van der Waals surface area contributed by atoms with Crippen molar-refractivity contribution in [2.75, 3.05) is 0 Å². The van der Waals surface area contributed by atoms with Gasteiger partial charge in [0.15, 0.2) is 0 Å². The fourth-order valence-corrected chi connectivity index (χ4v) is 3.48. The molecule has 4 rings (SSSR count). The van der Waals surface area contributed by atoms with Crippen LogP contribution < -0.4 is 5.32 Å². The second-order valence-corrected chi connectivity index (χ2v) is 6.52. The maximum absolute atomic E-state index is 12.6. The van der Waals surface area contributed by atoms with Crippen LogP contribution in [0.1, 0.15) is 46.1 Å². The third kappa shape index (κ3) is 2.35. The fourth-order valence-electron chi connectivity index (χ4n) is 3.48. The average Bonchev–Trinajstić information content (AvgIpc) is 3.09. The summed E-state index contributed by atoms with van der Waals surface area (Å²) in [5.41, 5.74) is 4.25. The quantitative estimate of drug-likeness (QED) is 0.787. The Morgan fingerprint density at radius 3 is 2.88 bits per heavy atom. The van der Waals surface area contributed by atoms with E-state index in [0.717, 1.165) is 17.8 Å². The van der Waals surface area contributed by atoms with Crippen LogP contribution in [0.25, 0.3) is 5.78 Å². The van der Waals surface area contributed by atoms with Crippen LogP contribution in [0.5, 0.6) is 0 Å². The van der Waals surface area contributed by atoms with Crippen molar-refractivity contribution >= 4 is 11.7 Å². The van der Waals surface area contributed by atoms with E-state index in [1.807, 2.05) is 32.0 Å². The van der Waals surface area contributed by atoms with Crippen LogP contribution in [-0.4, -0.2) is 25.5 Å². The highest BCUT2D eigenvalue weighted by atomic mass is 16.2. The normalized spacial score (nSPS) is 19.5. The summed E-state index contributed by atoms with van der Waals surface area (Å²) < 4.78 is 1.61. The summed E-state index contributed by atoms with van der Waals surface area (Å²) in [6.07, 6.45) is 0.972. The second kappa shape index (κ2) is 5.40. The number of carbonyl (C=O) groups is 1. The number of aryl methyl sites for hydroxylation is 2. The minimum absolute atomic E-state index is 0.00361.